The lowest BCUT2D eigenvalue weighted by Crippen LogP contribution is -2.41. The minimum atomic E-state index is 0.535. The van der Waals surface area contributed by atoms with E-state index >= 15 is 0 Å². The highest BCUT2D eigenvalue weighted by Crippen LogP contribution is 2.24. The van der Waals surface area contributed by atoms with Crippen LogP contribution in [-0.4, -0.2) is 54.0 Å². The van der Waals surface area contributed by atoms with E-state index in [1.165, 1.54) is 19.3 Å². The Hall–Kier alpha value is -0.770. The molecular weight excluding hydrogens is 200 g/mol. The van der Waals surface area contributed by atoms with E-state index < -0.39 is 0 Å². The van der Waals surface area contributed by atoms with Crippen molar-refractivity contribution in [3.63, 3.8) is 0 Å². The summed E-state index contributed by atoms with van der Waals surface area (Å²) >= 11 is 0. The molecule has 0 aromatic heterocycles. The first kappa shape index (κ1) is 11.7. The Morgan fingerprint density at radius 3 is 2.56 bits per heavy atom. The molecule has 0 bridgehead atoms. The minimum absolute atomic E-state index is 0.535. The van der Waals surface area contributed by atoms with E-state index in [9.17, 15) is 0 Å². The number of hydrogen-bond donors (Lipinski definition) is 1. The maximum atomic E-state index is 6.02. The quantitative estimate of drug-likeness (QED) is 0.569. The van der Waals surface area contributed by atoms with Crippen LogP contribution in [0.2, 0.25) is 0 Å². The number of guanidine groups is 1. The first-order valence-corrected chi connectivity index (χ1v) is 6.56. The van der Waals surface area contributed by atoms with Crippen LogP contribution >= 0.6 is 0 Å². The lowest BCUT2D eigenvalue weighted by atomic mass is 10.2. The lowest BCUT2D eigenvalue weighted by Gasteiger charge is -2.26. The standard InChI is InChI=1S/C12H24N4/c1-3-15(4-2)11-7-8-16(9-11)12(13)14-10-5-6-10/h10-11H,3-9H2,1-2H3,(H2,13,14). The number of likely N-dealkylation sites (N-methyl/N-ethyl adjacent to an activating group) is 1. The van der Waals surface area contributed by atoms with Crippen LogP contribution in [0.3, 0.4) is 0 Å². The molecule has 1 aliphatic heterocycles. The van der Waals surface area contributed by atoms with Gasteiger partial charge in [-0.25, -0.2) is 4.99 Å². The molecule has 0 aromatic carbocycles. The van der Waals surface area contributed by atoms with Gasteiger partial charge in [0, 0.05) is 19.1 Å². The van der Waals surface area contributed by atoms with E-state index in [0.29, 0.717) is 12.1 Å². The highest BCUT2D eigenvalue weighted by Gasteiger charge is 2.28. The molecule has 4 heteroatoms. The van der Waals surface area contributed by atoms with Gasteiger partial charge in [-0.05, 0) is 32.4 Å². The summed E-state index contributed by atoms with van der Waals surface area (Å²) in [6.45, 7) is 8.86. The number of rotatable bonds is 4. The Bertz CT molecular complexity index is 256. The molecule has 92 valence electrons. The Morgan fingerprint density at radius 2 is 2.00 bits per heavy atom. The Balaban J connectivity index is 1.86. The molecule has 1 heterocycles. The van der Waals surface area contributed by atoms with Crippen molar-refractivity contribution in [2.24, 2.45) is 10.7 Å². The fraction of sp³-hybridized carbons (Fsp3) is 0.917. The second-order valence-electron chi connectivity index (χ2n) is 4.83. The summed E-state index contributed by atoms with van der Waals surface area (Å²) in [6.07, 6.45) is 3.69. The third-order valence-corrected chi connectivity index (χ3v) is 3.68. The molecule has 1 saturated carbocycles. The van der Waals surface area contributed by atoms with Crippen LogP contribution in [-0.2, 0) is 0 Å². The second kappa shape index (κ2) is 5.04. The van der Waals surface area contributed by atoms with Crippen LogP contribution in [0.15, 0.2) is 4.99 Å². The van der Waals surface area contributed by atoms with E-state index in [1.807, 2.05) is 0 Å². The number of likely N-dealkylation sites (tertiary alicyclic amines) is 1. The van der Waals surface area contributed by atoms with E-state index in [-0.39, 0.29) is 0 Å². The first-order valence-electron chi connectivity index (χ1n) is 6.56. The van der Waals surface area contributed by atoms with Crippen molar-refractivity contribution in [1.29, 1.82) is 0 Å². The summed E-state index contributed by atoms with van der Waals surface area (Å²) in [5.74, 6) is 0.775. The van der Waals surface area contributed by atoms with Crippen LogP contribution in [0.5, 0.6) is 0 Å². The average molecular weight is 224 g/mol. The summed E-state index contributed by atoms with van der Waals surface area (Å²) in [6, 6.07) is 1.20. The van der Waals surface area contributed by atoms with Crippen LogP contribution in [0.4, 0.5) is 0 Å². The highest BCUT2D eigenvalue weighted by atomic mass is 15.3. The smallest absolute Gasteiger partial charge is 0.191 e. The summed E-state index contributed by atoms with van der Waals surface area (Å²) in [5, 5.41) is 0. The summed E-state index contributed by atoms with van der Waals surface area (Å²) < 4.78 is 0. The SMILES string of the molecule is CCN(CC)C1CCN(C(N)=NC2CC2)C1. The third kappa shape index (κ3) is 2.67. The van der Waals surface area contributed by atoms with Gasteiger partial charge in [-0.1, -0.05) is 13.8 Å². The normalized spacial score (nSPS) is 26.8. The molecule has 0 aromatic rings. The van der Waals surface area contributed by atoms with Crippen molar-refractivity contribution in [2.45, 2.75) is 45.2 Å². The molecule has 1 aliphatic carbocycles. The van der Waals surface area contributed by atoms with E-state index in [0.717, 1.165) is 32.1 Å². The predicted molar refractivity (Wildman–Crippen MR) is 67.5 cm³/mol. The number of hydrogen-bond acceptors (Lipinski definition) is 2. The zero-order valence-corrected chi connectivity index (χ0v) is 10.5. The zero-order valence-electron chi connectivity index (χ0n) is 10.5. The minimum Gasteiger partial charge on any atom is -0.370 e. The van der Waals surface area contributed by atoms with Gasteiger partial charge in [0.15, 0.2) is 5.96 Å². The monoisotopic (exact) mass is 224 g/mol. The number of nitrogens with two attached hydrogens (primary N) is 1. The van der Waals surface area contributed by atoms with Crippen LogP contribution in [0.1, 0.15) is 33.1 Å². The fourth-order valence-electron chi connectivity index (χ4n) is 2.46. The van der Waals surface area contributed by atoms with Crippen LogP contribution in [0, 0.1) is 0 Å². The van der Waals surface area contributed by atoms with Crippen molar-refractivity contribution >= 4 is 5.96 Å². The number of nitrogens with zero attached hydrogens (tertiary/aromatic N) is 3. The summed E-state index contributed by atoms with van der Waals surface area (Å²) in [5.41, 5.74) is 6.02. The molecule has 2 aliphatic rings. The van der Waals surface area contributed by atoms with Gasteiger partial charge in [-0.3, -0.25) is 4.90 Å². The first-order chi connectivity index (χ1) is 7.74. The van der Waals surface area contributed by atoms with Gasteiger partial charge in [0.2, 0.25) is 0 Å². The van der Waals surface area contributed by atoms with Gasteiger partial charge in [0.1, 0.15) is 0 Å². The van der Waals surface area contributed by atoms with Gasteiger partial charge >= 0.3 is 0 Å². The topological polar surface area (TPSA) is 44.9 Å². The molecule has 0 amide bonds. The molecule has 1 unspecified atom stereocenters. The van der Waals surface area contributed by atoms with Crippen LogP contribution in [0.25, 0.3) is 0 Å². The van der Waals surface area contributed by atoms with Crippen molar-refractivity contribution < 1.29 is 0 Å². The maximum Gasteiger partial charge on any atom is 0.191 e. The van der Waals surface area contributed by atoms with Gasteiger partial charge in [-0.15, -0.1) is 0 Å². The fourth-order valence-corrected chi connectivity index (χ4v) is 2.46. The summed E-state index contributed by atoms with van der Waals surface area (Å²) in [7, 11) is 0. The lowest BCUT2D eigenvalue weighted by molar-refractivity contribution is 0.223. The molecule has 1 saturated heterocycles. The van der Waals surface area contributed by atoms with E-state index in [4.69, 9.17) is 5.73 Å². The molecular formula is C12H24N4. The van der Waals surface area contributed by atoms with Crippen molar-refractivity contribution in [1.82, 2.24) is 9.80 Å². The van der Waals surface area contributed by atoms with Gasteiger partial charge in [-0.2, -0.15) is 0 Å². The highest BCUT2D eigenvalue weighted by molar-refractivity contribution is 5.78. The molecule has 2 rings (SSSR count). The Kier molecular flexibility index (Phi) is 3.69. The molecule has 2 fully saturated rings. The van der Waals surface area contributed by atoms with E-state index in [2.05, 4.69) is 28.6 Å². The molecule has 0 radical (unpaired) electrons. The predicted octanol–water partition coefficient (Wildman–Crippen LogP) is 0.880. The maximum absolute atomic E-state index is 6.02. The largest absolute Gasteiger partial charge is 0.370 e. The van der Waals surface area contributed by atoms with Gasteiger partial charge in [0.05, 0.1) is 6.04 Å². The van der Waals surface area contributed by atoms with Gasteiger partial charge < -0.3 is 10.6 Å². The van der Waals surface area contributed by atoms with Crippen molar-refractivity contribution in [3.8, 4) is 0 Å². The second-order valence-corrected chi connectivity index (χ2v) is 4.83. The molecule has 16 heavy (non-hydrogen) atoms. The Labute approximate surface area is 98.5 Å². The van der Waals surface area contributed by atoms with Crippen molar-refractivity contribution in [2.75, 3.05) is 26.2 Å². The van der Waals surface area contributed by atoms with Crippen LogP contribution < -0.4 is 5.73 Å². The third-order valence-electron chi connectivity index (χ3n) is 3.68. The molecule has 0 spiro atoms. The zero-order chi connectivity index (χ0) is 11.5. The van der Waals surface area contributed by atoms with Crippen molar-refractivity contribution in [3.05, 3.63) is 0 Å². The van der Waals surface area contributed by atoms with E-state index in [1.54, 1.807) is 0 Å². The van der Waals surface area contributed by atoms with Gasteiger partial charge in [0.25, 0.3) is 0 Å². The molecule has 4 nitrogen and oxygen atoms in total. The Morgan fingerprint density at radius 1 is 1.31 bits per heavy atom. The summed E-state index contributed by atoms with van der Waals surface area (Å²) in [4.78, 5) is 9.29. The average Bonchev–Trinajstić information content (AvgIpc) is 2.96. The molecule has 2 N–H and O–H groups in total. The molecule has 1 atom stereocenters. The number of aliphatic imine (C=N–C) groups is 1.